The zero-order valence-corrected chi connectivity index (χ0v) is 14.9. The van der Waals surface area contributed by atoms with Crippen LogP contribution in [0.3, 0.4) is 0 Å². The molecule has 0 radical (unpaired) electrons. The Labute approximate surface area is 148 Å². The van der Waals surface area contributed by atoms with Gasteiger partial charge in [-0.2, -0.15) is 0 Å². The summed E-state index contributed by atoms with van der Waals surface area (Å²) in [6, 6.07) is 13.0. The Morgan fingerprint density at radius 1 is 1.04 bits per heavy atom. The van der Waals surface area contributed by atoms with Crippen LogP contribution in [0.5, 0.6) is 5.75 Å². The van der Waals surface area contributed by atoms with Crippen LogP contribution in [-0.2, 0) is 0 Å². The SMILES string of the molecule is CC1C2C=CC=CC2[N+](C)(C)C12C=Nc1c(ccc3ccccc13)O2. The van der Waals surface area contributed by atoms with Crippen LogP contribution in [0.25, 0.3) is 10.8 Å². The molecule has 1 fully saturated rings. The van der Waals surface area contributed by atoms with Crippen molar-refractivity contribution in [3.8, 4) is 5.75 Å². The Bertz CT molecular complexity index is 956. The first kappa shape index (κ1) is 14.9. The van der Waals surface area contributed by atoms with Crippen molar-refractivity contribution in [2.75, 3.05) is 14.1 Å². The number of nitrogens with zero attached hydrogens (tertiary/aromatic N) is 2. The van der Waals surface area contributed by atoms with E-state index >= 15 is 0 Å². The van der Waals surface area contributed by atoms with Gasteiger partial charge in [0, 0.05) is 11.3 Å². The molecule has 0 amide bonds. The molecule has 3 heteroatoms. The Balaban J connectivity index is 1.68. The second-order valence-corrected chi connectivity index (χ2v) is 7.91. The summed E-state index contributed by atoms with van der Waals surface area (Å²) in [7, 11) is 4.53. The molecule has 3 aliphatic rings. The first-order valence-electron chi connectivity index (χ1n) is 8.99. The normalized spacial score (nSPS) is 34.1. The molecule has 4 unspecified atom stereocenters. The topological polar surface area (TPSA) is 21.6 Å². The van der Waals surface area contributed by atoms with Crippen LogP contribution < -0.4 is 4.74 Å². The highest BCUT2D eigenvalue weighted by atomic mass is 16.5. The van der Waals surface area contributed by atoms with Crippen molar-refractivity contribution in [2.45, 2.75) is 18.7 Å². The first-order chi connectivity index (χ1) is 12.0. The highest BCUT2D eigenvalue weighted by molar-refractivity contribution is 5.98. The number of aliphatic imine (C=N–C) groups is 1. The minimum Gasteiger partial charge on any atom is -0.433 e. The number of hydrogen-bond acceptors (Lipinski definition) is 2. The highest BCUT2D eigenvalue weighted by Crippen LogP contribution is 2.52. The summed E-state index contributed by atoms with van der Waals surface area (Å²) >= 11 is 0. The number of ether oxygens (including phenoxy) is 1. The minimum atomic E-state index is -0.441. The Hall–Kier alpha value is -2.39. The molecule has 0 N–H and O–H groups in total. The van der Waals surface area contributed by atoms with Gasteiger partial charge in [0.2, 0.25) is 0 Å². The van der Waals surface area contributed by atoms with Crippen LogP contribution >= 0.6 is 0 Å². The summed E-state index contributed by atoms with van der Waals surface area (Å²) in [6.07, 6.45) is 11.1. The van der Waals surface area contributed by atoms with Gasteiger partial charge in [-0.1, -0.05) is 55.5 Å². The summed E-state index contributed by atoms with van der Waals surface area (Å²) in [6.45, 7) is 2.30. The van der Waals surface area contributed by atoms with Gasteiger partial charge >= 0.3 is 0 Å². The molecule has 2 aromatic carbocycles. The Morgan fingerprint density at radius 2 is 1.84 bits per heavy atom. The summed E-state index contributed by atoms with van der Waals surface area (Å²) in [5.41, 5.74) is 0.515. The van der Waals surface area contributed by atoms with Gasteiger partial charge in [-0.3, -0.25) is 4.48 Å². The van der Waals surface area contributed by atoms with Crippen molar-refractivity contribution in [1.29, 1.82) is 0 Å². The van der Waals surface area contributed by atoms with Crippen LogP contribution in [0.4, 0.5) is 5.69 Å². The lowest BCUT2D eigenvalue weighted by atomic mass is 9.84. The average molecular weight is 331 g/mol. The maximum atomic E-state index is 6.76. The van der Waals surface area contributed by atoms with Crippen LogP contribution in [0.15, 0.2) is 65.7 Å². The monoisotopic (exact) mass is 331 g/mol. The molecule has 0 aromatic heterocycles. The van der Waals surface area contributed by atoms with E-state index in [4.69, 9.17) is 9.73 Å². The predicted molar refractivity (Wildman–Crippen MR) is 102 cm³/mol. The minimum absolute atomic E-state index is 0.345. The van der Waals surface area contributed by atoms with E-state index < -0.39 is 5.72 Å². The zero-order valence-electron chi connectivity index (χ0n) is 14.9. The number of rotatable bonds is 0. The van der Waals surface area contributed by atoms with Crippen LogP contribution in [0.1, 0.15) is 6.92 Å². The maximum Gasteiger partial charge on any atom is 0.283 e. The molecule has 1 spiro atoms. The molecule has 0 saturated carbocycles. The van der Waals surface area contributed by atoms with Crippen molar-refractivity contribution >= 4 is 22.7 Å². The van der Waals surface area contributed by atoms with Gasteiger partial charge < -0.3 is 4.74 Å². The number of quaternary nitrogens is 1. The summed E-state index contributed by atoms with van der Waals surface area (Å²) in [5.74, 6) is 1.70. The summed E-state index contributed by atoms with van der Waals surface area (Å²) < 4.78 is 7.52. The molecule has 2 aliphatic heterocycles. The van der Waals surface area contributed by atoms with Crippen molar-refractivity contribution in [3.63, 3.8) is 0 Å². The lowest BCUT2D eigenvalue weighted by Gasteiger charge is -2.45. The van der Waals surface area contributed by atoms with E-state index in [1.165, 1.54) is 5.39 Å². The second-order valence-electron chi connectivity index (χ2n) is 7.91. The molecule has 126 valence electrons. The average Bonchev–Trinajstić information content (AvgIpc) is 2.81. The second kappa shape index (κ2) is 4.83. The van der Waals surface area contributed by atoms with Crippen molar-refractivity contribution < 1.29 is 9.22 Å². The maximum absolute atomic E-state index is 6.76. The third-order valence-electron chi connectivity index (χ3n) is 6.54. The fourth-order valence-corrected chi connectivity index (χ4v) is 5.04. The summed E-state index contributed by atoms with van der Waals surface area (Å²) in [5, 5.41) is 2.35. The van der Waals surface area contributed by atoms with Gasteiger partial charge in [0.15, 0.2) is 5.75 Å². The standard InChI is InChI=1S/C22H23N2O/c1-15-17-9-6-7-11-19(17)24(2,3)22(15)14-23-21-18-10-5-4-8-16(18)12-13-20(21)25-22/h4-15,17,19H,1-3H3/q+1. The van der Waals surface area contributed by atoms with Crippen molar-refractivity contribution in [2.24, 2.45) is 16.8 Å². The van der Waals surface area contributed by atoms with Gasteiger partial charge in [-0.25, -0.2) is 4.99 Å². The van der Waals surface area contributed by atoms with Crippen LogP contribution in [0.2, 0.25) is 0 Å². The van der Waals surface area contributed by atoms with Gasteiger partial charge in [0.25, 0.3) is 5.72 Å². The highest BCUT2D eigenvalue weighted by Gasteiger charge is 2.66. The lowest BCUT2D eigenvalue weighted by molar-refractivity contribution is -0.954. The van der Waals surface area contributed by atoms with Crippen molar-refractivity contribution in [1.82, 2.24) is 0 Å². The third-order valence-corrected chi connectivity index (χ3v) is 6.54. The fraction of sp³-hybridized carbons (Fsp3) is 0.318. The number of allylic oxidation sites excluding steroid dienone is 2. The van der Waals surface area contributed by atoms with E-state index in [0.717, 1.165) is 21.3 Å². The van der Waals surface area contributed by atoms with E-state index in [0.29, 0.717) is 17.9 Å². The smallest absolute Gasteiger partial charge is 0.283 e. The number of fused-ring (bicyclic) bond motifs is 4. The van der Waals surface area contributed by atoms with E-state index in [1.54, 1.807) is 0 Å². The first-order valence-corrected chi connectivity index (χ1v) is 8.99. The van der Waals surface area contributed by atoms with E-state index in [2.05, 4.69) is 87.9 Å². The number of likely N-dealkylation sites (tertiary alicyclic amines) is 1. The number of likely N-dealkylation sites (N-methyl/N-ethyl adjacent to an activating group) is 1. The largest absolute Gasteiger partial charge is 0.433 e. The fourth-order valence-electron chi connectivity index (χ4n) is 5.04. The molecule has 5 rings (SSSR count). The molecular formula is C22H23N2O+. The molecular weight excluding hydrogens is 308 g/mol. The molecule has 2 aromatic rings. The van der Waals surface area contributed by atoms with Gasteiger partial charge in [0.1, 0.15) is 17.9 Å². The van der Waals surface area contributed by atoms with E-state index in [-0.39, 0.29) is 0 Å². The van der Waals surface area contributed by atoms with E-state index in [1.807, 2.05) is 0 Å². The predicted octanol–water partition coefficient (Wildman–Crippen LogP) is 4.47. The summed E-state index contributed by atoms with van der Waals surface area (Å²) in [4.78, 5) is 4.95. The molecule has 1 saturated heterocycles. The van der Waals surface area contributed by atoms with Gasteiger partial charge in [0.05, 0.1) is 20.0 Å². The van der Waals surface area contributed by atoms with Gasteiger partial charge in [-0.15, -0.1) is 0 Å². The molecule has 2 heterocycles. The zero-order chi connectivity index (χ0) is 17.2. The number of hydrogen-bond donors (Lipinski definition) is 0. The van der Waals surface area contributed by atoms with Crippen LogP contribution in [-0.4, -0.2) is 36.6 Å². The third kappa shape index (κ3) is 1.77. The Kier molecular flexibility index (Phi) is 2.88. The van der Waals surface area contributed by atoms with Crippen LogP contribution in [0, 0.1) is 11.8 Å². The van der Waals surface area contributed by atoms with Gasteiger partial charge in [-0.05, 0) is 17.5 Å². The molecule has 1 aliphatic carbocycles. The molecule has 0 bridgehead atoms. The van der Waals surface area contributed by atoms with E-state index in [9.17, 15) is 0 Å². The lowest BCUT2D eigenvalue weighted by Crippen LogP contribution is -2.65. The number of benzene rings is 2. The molecule has 4 atom stereocenters. The van der Waals surface area contributed by atoms with Crippen molar-refractivity contribution in [3.05, 3.63) is 60.7 Å². The Morgan fingerprint density at radius 3 is 2.68 bits per heavy atom. The molecule has 3 nitrogen and oxygen atoms in total. The molecule has 25 heavy (non-hydrogen) atoms. The quantitative estimate of drug-likeness (QED) is 0.653.